The first-order chi connectivity index (χ1) is 9.09. The molecule has 1 aliphatic heterocycles. The van der Waals surface area contributed by atoms with Crippen LogP contribution in [0.3, 0.4) is 0 Å². The van der Waals surface area contributed by atoms with Gasteiger partial charge in [0, 0.05) is 19.1 Å². The number of hydrogen-bond acceptors (Lipinski definition) is 3. The third kappa shape index (κ3) is 3.33. The molecule has 0 aromatic heterocycles. The topological polar surface area (TPSA) is 43.8 Å². The summed E-state index contributed by atoms with van der Waals surface area (Å²) < 4.78 is 0. The Hall–Kier alpha value is -1.39. The highest BCUT2D eigenvalue weighted by molar-refractivity contribution is 5.75. The fourth-order valence-corrected chi connectivity index (χ4v) is 2.89. The lowest BCUT2D eigenvalue weighted by Crippen LogP contribution is -2.43. The molecule has 1 aliphatic rings. The maximum absolute atomic E-state index is 11.7. The van der Waals surface area contributed by atoms with E-state index >= 15 is 0 Å². The van der Waals surface area contributed by atoms with E-state index in [0.717, 1.165) is 31.6 Å². The third-order valence-electron chi connectivity index (χ3n) is 3.78. The summed E-state index contributed by atoms with van der Waals surface area (Å²) in [7, 11) is 2.10. The molecule has 1 fully saturated rings. The molecule has 0 radical (unpaired) electrons. The summed E-state index contributed by atoms with van der Waals surface area (Å²) in [5, 5.41) is 9.60. The number of likely N-dealkylation sites (N-methyl/N-ethyl adjacent to an activating group) is 1. The van der Waals surface area contributed by atoms with E-state index in [-0.39, 0.29) is 6.04 Å². The molecule has 4 heteroatoms. The molecular weight excluding hydrogens is 240 g/mol. The van der Waals surface area contributed by atoms with Gasteiger partial charge in [0.1, 0.15) is 6.04 Å². The van der Waals surface area contributed by atoms with Gasteiger partial charge in [-0.15, -0.1) is 0 Å². The van der Waals surface area contributed by atoms with Crippen LogP contribution in [0.4, 0.5) is 0 Å². The van der Waals surface area contributed by atoms with E-state index in [2.05, 4.69) is 23.8 Å². The monoisotopic (exact) mass is 262 g/mol. The summed E-state index contributed by atoms with van der Waals surface area (Å²) in [6.07, 6.45) is 1.01. The molecule has 4 nitrogen and oxygen atoms in total. The van der Waals surface area contributed by atoms with Crippen LogP contribution in [0.25, 0.3) is 0 Å². The van der Waals surface area contributed by atoms with Crippen LogP contribution in [0.5, 0.6) is 0 Å². The van der Waals surface area contributed by atoms with Crippen molar-refractivity contribution in [3.8, 4) is 0 Å². The molecule has 0 bridgehead atoms. The highest BCUT2D eigenvalue weighted by Gasteiger charge is 2.32. The molecule has 2 atom stereocenters. The largest absolute Gasteiger partial charge is 0.480 e. The molecule has 1 heterocycles. The van der Waals surface area contributed by atoms with Gasteiger partial charge in [-0.3, -0.25) is 9.69 Å². The van der Waals surface area contributed by atoms with E-state index in [4.69, 9.17) is 0 Å². The Bertz CT molecular complexity index is 421. The highest BCUT2D eigenvalue weighted by Crippen LogP contribution is 2.25. The molecule has 1 N–H and O–H groups in total. The van der Waals surface area contributed by atoms with Crippen molar-refractivity contribution in [1.82, 2.24) is 9.80 Å². The second-order valence-corrected chi connectivity index (χ2v) is 5.35. The lowest BCUT2D eigenvalue weighted by molar-refractivity contribution is -0.144. The lowest BCUT2D eigenvalue weighted by Gasteiger charge is -2.33. The first kappa shape index (κ1) is 14.0. The normalized spacial score (nSPS) is 23.8. The minimum atomic E-state index is -0.761. The SMILES string of the molecule is CC1CN(C)CCCN1C(C(=O)O)c1ccccc1. The van der Waals surface area contributed by atoms with Crippen molar-refractivity contribution in [1.29, 1.82) is 0 Å². The van der Waals surface area contributed by atoms with Gasteiger partial charge >= 0.3 is 5.97 Å². The summed E-state index contributed by atoms with van der Waals surface area (Å²) in [5.74, 6) is -0.761. The molecule has 19 heavy (non-hydrogen) atoms. The van der Waals surface area contributed by atoms with Crippen LogP contribution in [-0.4, -0.2) is 53.6 Å². The van der Waals surface area contributed by atoms with Crippen molar-refractivity contribution in [3.05, 3.63) is 35.9 Å². The van der Waals surface area contributed by atoms with Crippen LogP contribution >= 0.6 is 0 Å². The van der Waals surface area contributed by atoms with E-state index in [1.54, 1.807) is 0 Å². The average Bonchev–Trinajstić information content (AvgIpc) is 2.53. The predicted molar refractivity (Wildman–Crippen MR) is 75.1 cm³/mol. The van der Waals surface area contributed by atoms with Crippen LogP contribution in [0.1, 0.15) is 24.9 Å². The van der Waals surface area contributed by atoms with E-state index in [1.165, 1.54) is 0 Å². The number of nitrogens with zero attached hydrogens (tertiary/aromatic N) is 2. The summed E-state index contributed by atoms with van der Waals surface area (Å²) >= 11 is 0. The van der Waals surface area contributed by atoms with Crippen molar-refractivity contribution >= 4 is 5.97 Å². The van der Waals surface area contributed by atoms with Crippen LogP contribution < -0.4 is 0 Å². The number of carboxylic acid groups (broad SMARTS) is 1. The number of hydrogen-bond donors (Lipinski definition) is 1. The maximum atomic E-state index is 11.7. The van der Waals surface area contributed by atoms with Crippen LogP contribution in [0.15, 0.2) is 30.3 Å². The fraction of sp³-hybridized carbons (Fsp3) is 0.533. The van der Waals surface area contributed by atoms with E-state index in [1.807, 2.05) is 30.3 Å². The molecule has 1 aromatic rings. The number of benzene rings is 1. The quantitative estimate of drug-likeness (QED) is 0.902. The highest BCUT2D eigenvalue weighted by atomic mass is 16.4. The summed E-state index contributed by atoms with van der Waals surface area (Å²) in [5.41, 5.74) is 0.867. The first-order valence-electron chi connectivity index (χ1n) is 6.81. The van der Waals surface area contributed by atoms with Crippen molar-refractivity contribution in [2.75, 3.05) is 26.7 Å². The molecule has 2 rings (SSSR count). The zero-order valence-corrected chi connectivity index (χ0v) is 11.6. The van der Waals surface area contributed by atoms with Crippen LogP contribution in [-0.2, 0) is 4.79 Å². The second-order valence-electron chi connectivity index (χ2n) is 5.35. The Morgan fingerprint density at radius 3 is 2.63 bits per heavy atom. The zero-order valence-electron chi connectivity index (χ0n) is 11.6. The molecule has 0 saturated carbocycles. The molecular formula is C15H22N2O2. The van der Waals surface area contributed by atoms with Crippen molar-refractivity contribution in [2.24, 2.45) is 0 Å². The van der Waals surface area contributed by atoms with Gasteiger partial charge in [-0.05, 0) is 32.5 Å². The molecule has 104 valence electrons. The van der Waals surface area contributed by atoms with E-state index in [0.29, 0.717) is 0 Å². The fourth-order valence-electron chi connectivity index (χ4n) is 2.89. The predicted octanol–water partition coefficient (Wildman–Crippen LogP) is 1.84. The molecule has 0 spiro atoms. The molecule has 1 aromatic carbocycles. The minimum absolute atomic E-state index is 0.244. The van der Waals surface area contributed by atoms with Gasteiger partial charge in [0.05, 0.1) is 0 Å². The van der Waals surface area contributed by atoms with Gasteiger partial charge in [-0.1, -0.05) is 30.3 Å². The summed E-state index contributed by atoms with van der Waals surface area (Å²) in [6.45, 7) is 4.89. The first-order valence-corrected chi connectivity index (χ1v) is 6.81. The number of aliphatic carboxylic acids is 1. The Labute approximate surface area is 114 Å². The summed E-state index contributed by atoms with van der Waals surface area (Å²) in [6, 6.07) is 9.23. The number of carboxylic acids is 1. The van der Waals surface area contributed by atoms with Gasteiger partial charge in [-0.2, -0.15) is 0 Å². The number of carbonyl (C=O) groups is 1. The smallest absolute Gasteiger partial charge is 0.325 e. The van der Waals surface area contributed by atoms with Crippen molar-refractivity contribution in [3.63, 3.8) is 0 Å². The van der Waals surface area contributed by atoms with Crippen molar-refractivity contribution < 1.29 is 9.90 Å². The van der Waals surface area contributed by atoms with Crippen LogP contribution in [0, 0.1) is 0 Å². The van der Waals surface area contributed by atoms with Crippen LogP contribution in [0.2, 0.25) is 0 Å². The molecule has 0 amide bonds. The molecule has 1 saturated heterocycles. The van der Waals surface area contributed by atoms with E-state index in [9.17, 15) is 9.90 Å². The Kier molecular flexibility index (Phi) is 4.56. The number of rotatable bonds is 3. The third-order valence-corrected chi connectivity index (χ3v) is 3.78. The Morgan fingerprint density at radius 2 is 2.00 bits per heavy atom. The zero-order chi connectivity index (χ0) is 13.8. The summed E-state index contributed by atoms with van der Waals surface area (Å²) in [4.78, 5) is 16.1. The maximum Gasteiger partial charge on any atom is 0.325 e. The van der Waals surface area contributed by atoms with Gasteiger partial charge in [0.25, 0.3) is 0 Å². The average molecular weight is 262 g/mol. The van der Waals surface area contributed by atoms with Gasteiger partial charge in [0.2, 0.25) is 0 Å². The Balaban J connectivity index is 2.26. The van der Waals surface area contributed by atoms with E-state index < -0.39 is 12.0 Å². The van der Waals surface area contributed by atoms with Crippen molar-refractivity contribution in [2.45, 2.75) is 25.4 Å². The van der Waals surface area contributed by atoms with Gasteiger partial charge < -0.3 is 10.0 Å². The minimum Gasteiger partial charge on any atom is -0.480 e. The van der Waals surface area contributed by atoms with Gasteiger partial charge in [-0.25, -0.2) is 0 Å². The molecule has 0 aliphatic carbocycles. The standard InChI is InChI=1S/C15H22N2O2/c1-12-11-16(2)9-6-10-17(12)14(15(18)19)13-7-4-3-5-8-13/h3-5,7-8,12,14H,6,9-11H2,1-2H3,(H,18,19). The Morgan fingerprint density at radius 1 is 1.32 bits per heavy atom. The molecule has 2 unspecified atom stereocenters. The second kappa shape index (κ2) is 6.17. The lowest BCUT2D eigenvalue weighted by atomic mass is 10.0. The van der Waals surface area contributed by atoms with Gasteiger partial charge in [0.15, 0.2) is 0 Å².